The van der Waals surface area contributed by atoms with E-state index in [0.717, 1.165) is 41.2 Å². The number of hydrogen-bond acceptors (Lipinski definition) is 8. The molecule has 0 saturated carbocycles. The highest BCUT2D eigenvalue weighted by atomic mass is 19.1. The molecule has 234 valence electrons. The Morgan fingerprint density at radius 1 is 1.00 bits per heavy atom. The van der Waals surface area contributed by atoms with Crippen molar-refractivity contribution in [1.29, 1.82) is 5.26 Å². The number of hydrogen-bond donors (Lipinski definition) is 1. The van der Waals surface area contributed by atoms with E-state index in [4.69, 9.17) is 9.72 Å². The van der Waals surface area contributed by atoms with Gasteiger partial charge in [0.2, 0.25) is 5.95 Å². The molecular formula is C37H37FN6O2. The molecule has 0 aliphatic carbocycles. The topological polar surface area (TPSA) is 94.4 Å². The van der Waals surface area contributed by atoms with Crippen molar-refractivity contribution in [3.63, 3.8) is 0 Å². The molecule has 8 nitrogen and oxygen atoms in total. The molecule has 3 heterocycles. The van der Waals surface area contributed by atoms with Crippen LogP contribution in [-0.2, 0) is 22.4 Å². The number of morpholine rings is 1. The number of halogens is 1. The fourth-order valence-electron chi connectivity index (χ4n) is 6.11. The second kappa shape index (κ2) is 14.4. The molecule has 0 amide bonds. The second-order valence-electron chi connectivity index (χ2n) is 11.7. The van der Waals surface area contributed by atoms with E-state index in [-0.39, 0.29) is 18.0 Å². The average molecular weight is 617 g/mol. The first-order chi connectivity index (χ1) is 22.5. The van der Waals surface area contributed by atoms with Crippen LogP contribution < -0.4 is 15.1 Å². The molecule has 4 aromatic rings. The predicted molar refractivity (Wildman–Crippen MR) is 179 cm³/mol. The van der Waals surface area contributed by atoms with Crippen LogP contribution >= 0.6 is 0 Å². The fourth-order valence-corrected chi connectivity index (χ4v) is 6.11. The molecule has 1 N–H and O–H groups in total. The first kappa shape index (κ1) is 30.9. The highest BCUT2D eigenvalue weighted by Gasteiger charge is 2.18. The molecule has 0 spiro atoms. The van der Waals surface area contributed by atoms with Gasteiger partial charge in [0.25, 0.3) is 0 Å². The van der Waals surface area contributed by atoms with Crippen LogP contribution in [0.4, 0.5) is 27.4 Å². The van der Waals surface area contributed by atoms with Crippen LogP contribution in [0.25, 0.3) is 11.3 Å². The number of nitrogens with one attached hydrogen (secondary N) is 1. The molecule has 0 radical (unpaired) electrons. The quantitative estimate of drug-likeness (QED) is 0.199. The molecule has 1 aromatic heterocycles. The number of rotatable bonds is 10. The van der Waals surface area contributed by atoms with Gasteiger partial charge in [0.15, 0.2) is 5.78 Å². The summed E-state index contributed by atoms with van der Waals surface area (Å²) in [5.41, 5.74) is 6.56. The van der Waals surface area contributed by atoms with Crippen LogP contribution in [0.5, 0.6) is 0 Å². The number of ether oxygens (including phenoxy) is 1. The van der Waals surface area contributed by atoms with E-state index < -0.39 is 0 Å². The molecule has 2 aliphatic rings. The van der Waals surface area contributed by atoms with E-state index in [9.17, 15) is 10.1 Å². The molecule has 6 rings (SSSR count). The lowest BCUT2D eigenvalue weighted by Gasteiger charge is -2.29. The molecule has 0 unspecified atom stereocenters. The van der Waals surface area contributed by atoms with Crippen LogP contribution in [0.1, 0.15) is 41.5 Å². The first-order valence-corrected chi connectivity index (χ1v) is 15.8. The number of anilines is 4. The van der Waals surface area contributed by atoms with Crippen LogP contribution in [0.15, 0.2) is 79.5 Å². The first-order valence-electron chi connectivity index (χ1n) is 15.8. The fraction of sp³-hybridized carbons (Fsp3) is 0.297. The van der Waals surface area contributed by atoms with Gasteiger partial charge in [0, 0.05) is 67.7 Å². The summed E-state index contributed by atoms with van der Waals surface area (Å²) in [5, 5.41) is 13.1. The van der Waals surface area contributed by atoms with Gasteiger partial charge in [-0.2, -0.15) is 5.26 Å². The van der Waals surface area contributed by atoms with Crippen molar-refractivity contribution in [1.82, 2.24) is 9.97 Å². The minimum atomic E-state index is -0.280. The number of nitriles is 1. The number of benzene rings is 3. The van der Waals surface area contributed by atoms with Crippen molar-refractivity contribution in [2.24, 2.45) is 0 Å². The largest absolute Gasteiger partial charge is 0.378 e. The number of nitrogens with zero attached hydrogens (tertiary/aromatic N) is 5. The van der Waals surface area contributed by atoms with Gasteiger partial charge in [-0.3, -0.25) is 4.79 Å². The highest BCUT2D eigenvalue weighted by Crippen LogP contribution is 2.30. The number of piperidine rings is 1. The lowest BCUT2D eigenvalue weighted by molar-refractivity contribution is -0.114. The number of carbonyl (C=O) groups is 1. The summed E-state index contributed by atoms with van der Waals surface area (Å²) in [5.74, 6) is -0.0443. The Hall–Kier alpha value is -5.07. The Balaban J connectivity index is 1.34. The van der Waals surface area contributed by atoms with E-state index in [2.05, 4.69) is 40.0 Å². The third-order valence-corrected chi connectivity index (χ3v) is 8.54. The summed E-state index contributed by atoms with van der Waals surface area (Å²) in [6.45, 7) is 8.13. The zero-order valence-electron chi connectivity index (χ0n) is 25.8. The Morgan fingerprint density at radius 3 is 2.59 bits per heavy atom. The third-order valence-electron chi connectivity index (χ3n) is 8.54. The summed E-state index contributed by atoms with van der Waals surface area (Å²) >= 11 is 0. The van der Waals surface area contributed by atoms with E-state index in [1.807, 2.05) is 41.3 Å². The van der Waals surface area contributed by atoms with Gasteiger partial charge in [-0.05, 0) is 78.9 Å². The van der Waals surface area contributed by atoms with Gasteiger partial charge in [-0.1, -0.05) is 24.8 Å². The zero-order chi connectivity index (χ0) is 31.9. The standard InChI is InChI=1S/C37H37FN6O2/c1-2-33(45)22-29-21-27(10-11-28(29)24-39)36-30(19-26-9-12-35(34(38)20-26)44-15-17-46-18-16-44)25-40-37(42-36)41-31-7-6-8-32(23-31)43-13-4-3-5-14-43/h2,6-12,20-21,23,25H,1,3-5,13-19,22H2,(H,40,41,42). The molecule has 2 saturated heterocycles. The van der Waals surface area contributed by atoms with E-state index in [1.54, 1.807) is 18.3 Å². The van der Waals surface area contributed by atoms with Crippen LogP contribution in [-0.4, -0.2) is 55.1 Å². The lowest BCUT2D eigenvalue weighted by atomic mass is 9.95. The maximum Gasteiger partial charge on any atom is 0.227 e. The zero-order valence-corrected chi connectivity index (χ0v) is 25.8. The third kappa shape index (κ3) is 7.24. The molecule has 0 bridgehead atoms. The Kier molecular flexibility index (Phi) is 9.65. The summed E-state index contributed by atoms with van der Waals surface area (Å²) < 4.78 is 20.8. The minimum absolute atomic E-state index is 0.0588. The minimum Gasteiger partial charge on any atom is -0.378 e. The summed E-state index contributed by atoms with van der Waals surface area (Å²) in [7, 11) is 0. The van der Waals surface area contributed by atoms with Crippen LogP contribution in [0.3, 0.4) is 0 Å². The number of ketones is 1. The van der Waals surface area contributed by atoms with Gasteiger partial charge in [0.05, 0.1) is 36.2 Å². The monoisotopic (exact) mass is 616 g/mol. The van der Waals surface area contributed by atoms with Gasteiger partial charge >= 0.3 is 0 Å². The normalized spacial score (nSPS) is 14.9. The van der Waals surface area contributed by atoms with E-state index in [0.29, 0.717) is 61.2 Å². The number of allylic oxidation sites excluding steroid dienone is 1. The van der Waals surface area contributed by atoms with E-state index in [1.165, 1.54) is 25.3 Å². The molecule has 2 aliphatic heterocycles. The summed E-state index contributed by atoms with van der Waals surface area (Å²) in [4.78, 5) is 26.3. The van der Waals surface area contributed by atoms with Crippen molar-refractivity contribution >= 4 is 28.8 Å². The highest BCUT2D eigenvalue weighted by molar-refractivity contribution is 5.91. The van der Waals surface area contributed by atoms with Crippen LogP contribution in [0, 0.1) is 17.1 Å². The molecule has 0 atom stereocenters. The predicted octanol–water partition coefficient (Wildman–Crippen LogP) is 6.61. The molecular weight excluding hydrogens is 579 g/mol. The van der Waals surface area contributed by atoms with E-state index >= 15 is 4.39 Å². The van der Waals surface area contributed by atoms with Gasteiger partial charge in [-0.15, -0.1) is 0 Å². The lowest BCUT2D eigenvalue weighted by Crippen LogP contribution is -2.36. The number of carbonyl (C=O) groups excluding carboxylic acids is 1. The molecule has 2 fully saturated rings. The molecule has 3 aromatic carbocycles. The Labute approximate surface area is 269 Å². The van der Waals surface area contributed by atoms with Gasteiger partial charge in [-0.25, -0.2) is 14.4 Å². The van der Waals surface area contributed by atoms with Crippen molar-refractivity contribution in [2.45, 2.75) is 32.1 Å². The van der Waals surface area contributed by atoms with Crippen molar-refractivity contribution < 1.29 is 13.9 Å². The Bertz CT molecular complexity index is 1770. The number of aromatic nitrogens is 2. The smallest absolute Gasteiger partial charge is 0.227 e. The molecule has 9 heteroatoms. The van der Waals surface area contributed by atoms with Crippen molar-refractivity contribution in [3.05, 3.63) is 108 Å². The maximum atomic E-state index is 15.3. The average Bonchev–Trinajstić information content (AvgIpc) is 3.10. The molecule has 46 heavy (non-hydrogen) atoms. The second-order valence-corrected chi connectivity index (χ2v) is 11.7. The van der Waals surface area contributed by atoms with Crippen LogP contribution in [0.2, 0.25) is 0 Å². The van der Waals surface area contributed by atoms with Gasteiger partial charge < -0.3 is 19.9 Å². The SMILES string of the molecule is C=CC(=O)Cc1cc(-c2nc(Nc3cccc(N4CCCCC4)c3)ncc2Cc2ccc(N3CCOCC3)c(F)c2)ccc1C#N. The van der Waals surface area contributed by atoms with Crippen molar-refractivity contribution in [2.75, 3.05) is 54.5 Å². The summed E-state index contributed by atoms with van der Waals surface area (Å²) in [6, 6.07) is 21.1. The maximum absolute atomic E-state index is 15.3. The Morgan fingerprint density at radius 2 is 1.83 bits per heavy atom. The summed E-state index contributed by atoms with van der Waals surface area (Å²) in [6.07, 6.45) is 7.12. The van der Waals surface area contributed by atoms with Crippen molar-refractivity contribution in [3.8, 4) is 17.3 Å². The van der Waals surface area contributed by atoms with Gasteiger partial charge in [0.1, 0.15) is 5.82 Å².